The minimum absolute atomic E-state index is 0.154. The largest absolute Gasteiger partial charge is 0.462 e. The van der Waals surface area contributed by atoms with Gasteiger partial charge < -0.3 is 14.7 Å². The molecule has 4 atom stereocenters. The Hall–Kier alpha value is -1.88. The van der Waals surface area contributed by atoms with E-state index in [0.717, 1.165) is 24.8 Å². The Morgan fingerprint density at radius 3 is 2.45 bits per heavy atom. The molecule has 2 aliphatic rings. The van der Waals surface area contributed by atoms with E-state index in [-0.39, 0.29) is 30.8 Å². The number of carbonyl (C=O) groups excluding carboxylic acids is 2. The van der Waals surface area contributed by atoms with Crippen molar-refractivity contribution in [2.45, 2.75) is 49.8 Å². The number of aliphatic hydroxyl groups is 1. The second kappa shape index (κ2) is 6.48. The van der Waals surface area contributed by atoms with Crippen LogP contribution in [0.15, 0.2) is 30.3 Å². The van der Waals surface area contributed by atoms with Crippen LogP contribution in [0.5, 0.6) is 0 Å². The molecule has 118 valence electrons. The molecule has 0 aromatic heterocycles. The summed E-state index contributed by atoms with van der Waals surface area (Å²) in [6, 6.07) is 9.58. The third kappa shape index (κ3) is 2.86. The van der Waals surface area contributed by atoms with Crippen molar-refractivity contribution in [1.29, 1.82) is 0 Å². The van der Waals surface area contributed by atoms with Crippen LogP contribution in [0.1, 0.15) is 37.2 Å². The van der Waals surface area contributed by atoms with Gasteiger partial charge in [-0.15, -0.1) is 0 Å². The van der Waals surface area contributed by atoms with Crippen LogP contribution in [-0.2, 0) is 14.3 Å². The second-order valence-electron chi connectivity index (χ2n) is 6.11. The van der Waals surface area contributed by atoms with E-state index in [1.807, 2.05) is 35.2 Å². The van der Waals surface area contributed by atoms with Crippen LogP contribution in [-0.4, -0.2) is 47.2 Å². The Bertz CT molecular complexity index is 519. The topological polar surface area (TPSA) is 66.8 Å². The van der Waals surface area contributed by atoms with Gasteiger partial charge in [-0.3, -0.25) is 9.59 Å². The summed E-state index contributed by atoms with van der Waals surface area (Å²) in [6.45, 7) is -0.261. The van der Waals surface area contributed by atoms with Gasteiger partial charge in [0.25, 0.3) is 0 Å². The van der Waals surface area contributed by atoms with Crippen molar-refractivity contribution in [3.05, 3.63) is 35.9 Å². The van der Waals surface area contributed by atoms with Crippen LogP contribution < -0.4 is 0 Å². The van der Waals surface area contributed by atoms with Gasteiger partial charge >= 0.3 is 5.97 Å². The van der Waals surface area contributed by atoms with Gasteiger partial charge in [-0.25, -0.2) is 0 Å². The van der Waals surface area contributed by atoms with Crippen LogP contribution in [0, 0.1) is 0 Å². The average Bonchev–Trinajstić information content (AvgIpc) is 2.79. The SMILES string of the molecule is O=CN1[C@@H]2CC[C@H]1CC(OC(=O)C(CO)c1ccccc1)C2. The van der Waals surface area contributed by atoms with Gasteiger partial charge in [-0.2, -0.15) is 0 Å². The first-order chi connectivity index (χ1) is 10.7. The lowest BCUT2D eigenvalue weighted by molar-refractivity contribution is -0.155. The number of rotatable bonds is 5. The van der Waals surface area contributed by atoms with E-state index >= 15 is 0 Å². The quantitative estimate of drug-likeness (QED) is 0.660. The van der Waals surface area contributed by atoms with Crippen molar-refractivity contribution in [1.82, 2.24) is 4.90 Å². The first-order valence-electron chi connectivity index (χ1n) is 7.82. The molecule has 1 aromatic carbocycles. The molecule has 0 spiro atoms. The van der Waals surface area contributed by atoms with E-state index in [1.54, 1.807) is 0 Å². The van der Waals surface area contributed by atoms with Crippen LogP contribution >= 0.6 is 0 Å². The molecule has 3 rings (SSSR count). The number of piperidine rings is 1. The normalized spacial score (nSPS) is 28.2. The third-order valence-corrected chi connectivity index (χ3v) is 4.82. The zero-order chi connectivity index (χ0) is 15.5. The molecule has 1 aromatic rings. The smallest absolute Gasteiger partial charge is 0.316 e. The van der Waals surface area contributed by atoms with Crippen LogP contribution in [0.4, 0.5) is 0 Å². The summed E-state index contributed by atoms with van der Waals surface area (Å²) >= 11 is 0. The predicted octanol–water partition coefficient (Wildman–Crippen LogP) is 1.46. The molecule has 0 aliphatic carbocycles. The van der Waals surface area contributed by atoms with Crippen LogP contribution in [0.25, 0.3) is 0 Å². The zero-order valence-corrected chi connectivity index (χ0v) is 12.4. The van der Waals surface area contributed by atoms with Crippen molar-refractivity contribution in [3.63, 3.8) is 0 Å². The van der Waals surface area contributed by atoms with E-state index in [9.17, 15) is 14.7 Å². The Labute approximate surface area is 129 Å². The fourth-order valence-corrected chi connectivity index (χ4v) is 3.68. The number of hydrogen-bond acceptors (Lipinski definition) is 4. The molecule has 1 N–H and O–H groups in total. The van der Waals surface area contributed by atoms with Crippen molar-refractivity contribution in [2.24, 2.45) is 0 Å². The molecule has 0 radical (unpaired) electrons. The lowest BCUT2D eigenvalue weighted by Gasteiger charge is -2.36. The number of aliphatic hydroxyl groups excluding tert-OH is 1. The summed E-state index contributed by atoms with van der Waals surface area (Å²) in [4.78, 5) is 25.3. The van der Waals surface area contributed by atoms with E-state index in [0.29, 0.717) is 12.8 Å². The van der Waals surface area contributed by atoms with Gasteiger partial charge in [-0.1, -0.05) is 30.3 Å². The van der Waals surface area contributed by atoms with Crippen LogP contribution in [0.3, 0.4) is 0 Å². The molecule has 2 bridgehead atoms. The zero-order valence-electron chi connectivity index (χ0n) is 12.4. The van der Waals surface area contributed by atoms with E-state index in [4.69, 9.17) is 4.74 Å². The van der Waals surface area contributed by atoms with Crippen molar-refractivity contribution in [2.75, 3.05) is 6.61 Å². The monoisotopic (exact) mass is 303 g/mol. The Balaban J connectivity index is 1.63. The number of amides is 1. The number of ether oxygens (including phenoxy) is 1. The minimum Gasteiger partial charge on any atom is -0.462 e. The van der Waals surface area contributed by atoms with Gasteiger partial charge in [-0.05, 0) is 18.4 Å². The maximum Gasteiger partial charge on any atom is 0.316 e. The summed E-state index contributed by atoms with van der Waals surface area (Å²) in [5.74, 6) is -1.01. The maximum absolute atomic E-state index is 12.4. The Morgan fingerprint density at radius 1 is 1.27 bits per heavy atom. The summed E-state index contributed by atoms with van der Waals surface area (Å²) in [7, 11) is 0. The number of benzene rings is 1. The summed E-state index contributed by atoms with van der Waals surface area (Å²) in [6.07, 6.45) is 4.14. The fraction of sp³-hybridized carbons (Fsp3) is 0.529. The molecule has 22 heavy (non-hydrogen) atoms. The molecule has 0 saturated carbocycles. The van der Waals surface area contributed by atoms with Gasteiger partial charge in [0.05, 0.1) is 6.61 Å². The fourth-order valence-electron chi connectivity index (χ4n) is 3.68. The molecule has 2 heterocycles. The summed E-state index contributed by atoms with van der Waals surface area (Å²) < 4.78 is 5.63. The average molecular weight is 303 g/mol. The maximum atomic E-state index is 12.4. The van der Waals surface area contributed by atoms with Crippen LogP contribution in [0.2, 0.25) is 0 Å². The molecule has 2 fully saturated rings. The van der Waals surface area contributed by atoms with Gasteiger partial charge in [0.2, 0.25) is 6.41 Å². The highest BCUT2D eigenvalue weighted by molar-refractivity contribution is 5.78. The van der Waals surface area contributed by atoms with Gasteiger partial charge in [0.15, 0.2) is 0 Å². The molecule has 2 aliphatic heterocycles. The molecular weight excluding hydrogens is 282 g/mol. The van der Waals surface area contributed by atoms with E-state index < -0.39 is 5.92 Å². The molecular formula is C17H21NO4. The lowest BCUT2D eigenvalue weighted by Crippen LogP contribution is -2.45. The minimum atomic E-state index is -0.636. The third-order valence-electron chi connectivity index (χ3n) is 4.82. The first kappa shape index (κ1) is 15.0. The molecule has 1 amide bonds. The Morgan fingerprint density at radius 2 is 1.91 bits per heavy atom. The highest BCUT2D eigenvalue weighted by Gasteiger charge is 2.41. The number of fused-ring (bicyclic) bond motifs is 2. The van der Waals surface area contributed by atoms with E-state index in [1.165, 1.54) is 0 Å². The number of nitrogens with zero attached hydrogens (tertiary/aromatic N) is 1. The summed E-state index contributed by atoms with van der Waals surface area (Å²) in [5.41, 5.74) is 0.767. The number of esters is 1. The number of carbonyl (C=O) groups is 2. The second-order valence-corrected chi connectivity index (χ2v) is 6.11. The predicted molar refractivity (Wildman–Crippen MR) is 80.1 cm³/mol. The van der Waals surface area contributed by atoms with Gasteiger partial charge in [0, 0.05) is 24.9 Å². The highest BCUT2D eigenvalue weighted by atomic mass is 16.5. The molecule has 2 saturated heterocycles. The summed E-state index contributed by atoms with van der Waals surface area (Å²) in [5, 5.41) is 9.52. The molecule has 5 nitrogen and oxygen atoms in total. The van der Waals surface area contributed by atoms with Gasteiger partial charge in [0.1, 0.15) is 12.0 Å². The van der Waals surface area contributed by atoms with Crippen molar-refractivity contribution < 1.29 is 19.4 Å². The number of hydrogen-bond donors (Lipinski definition) is 1. The first-order valence-corrected chi connectivity index (χ1v) is 7.82. The molecule has 5 heteroatoms. The van der Waals surface area contributed by atoms with Crippen molar-refractivity contribution >= 4 is 12.4 Å². The highest BCUT2D eigenvalue weighted by Crippen LogP contribution is 2.36. The lowest BCUT2D eigenvalue weighted by atomic mass is 9.98. The van der Waals surface area contributed by atoms with Crippen molar-refractivity contribution in [3.8, 4) is 0 Å². The molecule has 2 unspecified atom stereocenters. The Kier molecular flexibility index (Phi) is 4.43. The standard InChI is InChI=1S/C17H21NO4/c19-10-16(12-4-2-1-3-5-12)17(21)22-15-8-13-6-7-14(9-15)18(13)11-20/h1-5,11,13-16,19H,6-10H2/t13-,14+,15?,16?. The van der Waals surface area contributed by atoms with E-state index in [2.05, 4.69) is 0 Å².